The number of aromatic nitrogens is 1. The average Bonchev–Trinajstić information content (AvgIpc) is 2.92. The van der Waals surface area contributed by atoms with Gasteiger partial charge in [-0.3, -0.25) is 9.78 Å². The number of hydrogen-bond acceptors (Lipinski definition) is 4. The fraction of sp³-hybridized carbons (Fsp3) is 0.625. The topological polar surface area (TPSA) is 77.2 Å². The van der Waals surface area contributed by atoms with Crippen molar-refractivity contribution in [2.75, 3.05) is 6.61 Å². The lowest BCUT2D eigenvalue weighted by Gasteiger charge is -2.60. The van der Waals surface area contributed by atoms with E-state index in [0.29, 0.717) is 13.2 Å². The normalized spacial score (nSPS) is 33.1. The molecular formula is C16H23N3O2. The van der Waals surface area contributed by atoms with Gasteiger partial charge in [-0.2, -0.15) is 0 Å². The van der Waals surface area contributed by atoms with E-state index < -0.39 is 5.54 Å². The van der Waals surface area contributed by atoms with Crippen molar-refractivity contribution in [1.29, 1.82) is 0 Å². The van der Waals surface area contributed by atoms with Crippen molar-refractivity contribution in [3.8, 4) is 0 Å². The van der Waals surface area contributed by atoms with Gasteiger partial charge in [0.2, 0.25) is 5.91 Å². The first-order chi connectivity index (χ1) is 9.87. The van der Waals surface area contributed by atoms with Gasteiger partial charge in [-0.25, -0.2) is 0 Å². The molecule has 1 aliphatic heterocycles. The summed E-state index contributed by atoms with van der Waals surface area (Å²) >= 11 is 0. The Balaban J connectivity index is 1.70. The van der Waals surface area contributed by atoms with Crippen LogP contribution in [0.5, 0.6) is 0 Å². The van der Waals surface area contributed by atoms with Crippen LogP contribution >= 0.6 is 0 Å². The summed E-state index contributed by atoms with van der Waals surface area (Å²) in [5, 5.41) is 2.95. The minimum absolute atomic E-state index is 0.0949. The predicted molar refractivity (Wildman–Crippen MR) is 79.4 cm³/mol. The van der Waals surface area contributed by atoms with Crippen molar-refractivity contribution in [3.05, 3.63) is 29.6 Å². The number of carbonyl (C=O) groups excluding carboxylic acids is 1. The molecule has 1 saturated heterocycles. The summed E-state index contributed by atoms with van der Waals surface area (Å²) in [7, 11) is 0. The molecule has 1 saturated carbocycles. The van der Waals surface area contributed by atoms with Gasteiger partial charge >= 0.3 is 0 Å². The van der Waals surface area contributed by atoms with Gasteiger partial charge < -0.3 is 15.8 Å². The molecular weight excluding hydrogens is 266 g/mol. The van der Waals surface area contributed by atoms with E-state index in [2.05, 4.69) is 10.3 Å². The number of amides is 1. The molecule has 0 spiro atoms. The van der Waals surface area contributed by atoms with Gasteiger partial charge in [0.05, 0.1) is 18.3 Å². The fourth-order valence-corrected chi connectivity index (χ4v) is 3.86. The molecule has 2 aliphatic rings. The van der Waals surface area contributed by atoms with Crippen LogP contribution in [0.15, 0.2) is 18.2 Å². The number of nitrogens with one attached hydrogen (secondary N) is 1. The number of hydrogen-bond donors (Lipinski definition) is 2. The largest absolute Gasteiger partial charge is 0.377 e. The maximum Gasteiger partial charge on any atom is 0.241 e. The summed E-state index contributed by atoms with van der Waals surface area (Å²) in [5.74, 6) is 0.0283. The summed E-state index contributed by atoms with van der Waals surface area (Å²) in [6, 6.07) is 5.78. The highest BCUT2D eigenvalue weighted by Gasteiger charge is 2.71. The molecule has 0 bridgehead atoms. The second kappa shape index (κ2) is 4.78. The molecule has 21 heavy (non-hydrogen) atoms. The Morgan fingerprint density at radius 1 is 1.52 bits per heavy atom. The molecule has 2 fully saturated rings. The highest BCUT2D eigenvalue weighted by molar-refractivity contribution is 5.89. The molecule has 2 heterocycles. The summed E-state index contributed by atoms with van der Waals surface area (Å²) in [4.78, 5) is 17.0. The lowest BCUT2D eigenvalue weighted by atomic mass is 9.48. The first kappa shape index (κ1) is 14.5. The zero-order valence-corrected chi connectivity index (χ0v) is 12.8. The zero-order chi connectivity index (χ0) is 15.3. The Bertz CT molecular complexity index is 572. The molecule has 0 aromatic carbocycles. The SMILES string of the molecule is Cc1cccc(CNC(=O)C2(N)C3CCOC3C2(C)C)n1. The average molecular weight is 289 g/mol. The third kappa shape index (κ3) is 1.99. The predicted octanol–water partition coefficient (Wildman–Crippen LogP) is 1.15. The molecule has 0 radical (unpaired) electrons. The van der Waals surface area contributed by atoms with Crippen molar-refractivity contribution in [2.45, 2.75) is 45.4 Å². The van der Waals surface area contributed by atoms with E-state index >= 15 is 0 Å². The van der Waals surface area contributed by atoms with E-state index in [4.69, 9.17) is 10.5 Å². The van der Waals surface area contributed by atoms with Crippen LogP contribution in [0.2, 0.25) is 0 Å². The molecule has 5 nitrogen and oxygen atoms in total. The molecule has 3 rings (SSSR count). The molecule has 114 valence electrons. The number of nitrogens with zero attached hydrogens (tertiary/aromatic N) is 1. The standard InChI is InChI=1S/C16H23N3O2/c1-10-5-4-6-11(19-10)9-18-14(20)16(17)12-7-8-21-13(12)15(16,2)3/h4-6,12-13H,7-9,17H2,1-3H3,(H,18,20). The maximum absolute atomic E-state index is 12.6. The second-order valence-corrected chi connectivity index (χ2v) is 6.73. The summed E-state index contributed by atoms with van der Waals surface area (Å²) < 4.78 is 5.72. The summed E-state index contributed by atoms with van der Waals surface area (Å²) in [6.07, 6.45) is 0.964. The molecule has 1 aromatic heterocycles. The van der Waals surface area contributed by atoms with Crippen LogP contribution in [0.3, 0.4) is 0 Å². The number of fused-ring (bicyclic) bond motifs is 1. The van der Waals surface area contributed by atoms with Gasteiger partial charge in [-0.1, -0.05) is 19.9 Å². The number of carbonyl (C=O) groups is 1. The zero-order valence-electron chi connectivity index (χ0n) is 12.8. The smallest absolute Gasteiger partial charge is 0.241 e. The van der Waals surface area contributed by atoms with Crippen molar-refractivity contribution in [3.63, 3.8) is 0 Å². The van der Waals surface area contributed by atoms with Gasteiger partial charge in [0.15, 0.2) is 0 Å². The lowest BCUT2D eigenvalue weighted by Crippen LogP contribution is -2.80. The number of rotatable bonds is 3. The second-order valence-electron chi connectivity index (χ2n) is 6.73. The number of pyridine rings is 1. The number of ether oxygens (including phenoxy) is 1. The minimum atomic E-state index is -0.849. The van der Waals surface area contributed by atoms with Crippen molar-refractivity contribution in [2.24, 2.45) is 17.1 Å². The first-order valence-corrected chi connectivity index (χ1v) is 7.48. The van der Waals surface area contributed by atoms with Crippen LogP contribution in [0.1, 0.15) is 31.7 Å². The van der Waals surface area contributed by atoms with Crippen LogP contribution in [-0.2, 0) is 16.1 Å². The van der Waals surface area contributed by atoms with E-state index in [0.717, 1.165) is 17.8 Å². The van der Waals surface area contributed by atoms with Crippen LogP contribution in [0, 0.1) is 18.3 Å². The van der Waals surface area contributed by atoms with Gasteiger partial charge in [-0.05, 0) is 25.5 Å². The quantitative estimate of drug-likeness (QED) is 0.875. The van der Waals surface area contributed by atoms with Crippen molar-refractivity contribution in [1.82, 2.24) is 10.3 Å². The Hall–Kier alpha value is -1.46. The summed E-state index contributed by atoms with van der Waals surface area (Å²) in [5.41, 5.74) is 7.10. The fourth-order valence-electron chi connectivity index (χ4n) is 3.86. The van der Waals surface area contributed by atoms with E-state index in [1.54, 1.807) is 0 Å². The number of nitrogens with two attached hydrogens (primary N) is 1. The van der Waals surface area contributed by atoms with Crippen molar-refractivity contribution < 1.29 is 9.53 Å². The highest BCUT2D eigenvalue weighted by Crippen LogP contribution is 2.58. The van der Waals surface area contributed by atoms with Gasteiger partial charge in [0.1, 0.15) is 5.54 Å². The van der Waals surface area contributed by atoms with Gasteiger partial charge in [0, 0.05) is 23.6 Å². The van der Waals surface area contributed by atoms with Gasteiger partial charge in [-0.15, -0.1) is 0 Å². The van der Waals surface area contributed by atoms with Crippen LogP contribution in [-0.4, -0.2) is 29.1 Å². The maximum atomic E-state index is 12.6. The van der Waals surface area contributed by atoms with Crippen LogP contribution in [0.25, 0.3) is 0 Å². The Kier molecular flexibility index (Phi) is 3.30. The third-order valence-corrected chi connectivity index (χ3v) is 5.21. The van der Waals surface area contributed by atoms with Crippen LogP contribution < -0.4 is 11.1 Å². The third-order valence-electron chi connectivity index (χ3n) is 5.21. The lowest BCUT2D eigenvalue weighted by molar-refractivity contribution is -0.175. The van der Waals surface area contributed by atoms with Crippen molar-refractivity contribution >= 4 is 5.91 Å². The Morgan fingerprint density at radius 2 is 2.29 bits per heavy atom. The number of aryl methyl sites for hydroxylation is 1. The molecule has 1 aromatic rings. The van der Waals surface area contributed by atoms with E-state index in [1.807, 2.05) is 39.0 Å². The molecule has 1 amide bonds. The molecule has 3 unspecified atom stereocenters. The molecule has 1 aliphatic carbocycles. The molecule has 3 N–H and O–H groups in total. The highest BCUT2D eigenvalue weighted by atomic mass is 16.5. The molecule has 3 atom stereocenters. The van der Waals surface area contributed by atoms with E-state index in [1.165, 1.54) is 0 Å². The Labute approximate surface area is 125 Å². The van der Waals surface area contributed by atoms with E-state index in [9.17, 15) is 4.79 Å². The van der Waals surface area contributed by atoms with Gasteiger partial charge in [0.25, 0.3) is 0 Å². The molecule has 5 heteroatoms. The minimum Gasteiger partial charge on any atom is -0.377 e. The van der Waals surface area contributed by atoms with E-state index in [-0.39, 0.29) is 23.3 Å². The Morgan fingerprint density at radius 3 is 3.00 bits per heavy atom. The van der Waals surface area contributed by atoms with Crippen LogP contribution in [0.4, 0.5) is 0 Å². The monoisotopic (exact) mass is 289 g/mol. The summed E-state index contributed by atoms with van der Waals surface area (Å²) in [6.45, 7) is 7.08. The first-order valence-electron chi connectivity index (χ1n) is 7.48.